The van der Waals surface area contributed by atoms with Crippen LogP contribution in [-0.2, 0) is 25.2 Å². The lowest BCUT2D eigenvalue weighted by Crippen LogP contribution is -2.12. The number of aryl methyl sites for hydroxylation is 2. The van der Waals surface area contributed by atoms with Gasteiger partial charge in [0, 0.05) is 23.0 Å². The lowest BCUT2D eigenvalue weighted by molar-refractivity contribution is -0.138. The van der Waals surface area contributed by atoms with E-state index in [2.05, 4.69) is 86.1 Å². The van der Waals surface area contributed by atoms with Crippen LogP contribution in [0.4, 0.5) is 26.3 Å². The van der Waals surface area contributed by atoms with Gasteiger partial charge in [0.2, 0.25) is 0 Å². The molecular formula is C53H60F6. The Morgan fingerprint density at radius 2 is 0.763 bits per heavy atom. The molecule has 4 aromatic carbocycles. The molecule has 0 radical (unpaired) electrons. The average molecular weight is 811 g/mol. The van der Waals surface area contributed by atoms with Crippen LogP contribution in [0, 0.1) is 35.5 Å². The van der Waals surface area contributed by atoms with Crippen LogP contribution in [0.1, 0.15) is 167 Å². The molecule has 6 heteroatoms. The minimum absolute atomic E-state index is 0.335. The summed E-state index contributed by atoms with van der Waals surface area (Å²) in [6, 6.07) is 28.6. The van der Waals surface area contributed by atoms with Crippen LogP contribution >= 0.6 is 0 Å². The fraction of sp³-hybridized carbons (Fsp3) is 0.472. The van der Waals surface area contributed by atoms with Crippen LogP contribution in [0.15, 0.2) is 97.1 Å². The van der Waals surface area contributed by atoms with Crippen molar-refractivity contribution in [2.24, 2.45) is 11.8 Å². The first-order chi connectivity index (χ1) is 28.4. The van der Waals surface area contributed by atoms with E-state index in [9.17, 15) is 26.3 Å². The number of hydrogen-bond donors (Lipinski definition) is 0. The number of benzene rings is 4. The van der Waals surface area contributed by atoms with Crippen molar-refractivity contribution in [3.8, 4) is 23.7 Å². The normalized spacial score (nSPS) is 19.3. The van der Waals surface area contributed by atoms with Crippen molar-refractivity contribution in [1.29, 1.82) is 0 Å². The Morgan fingerprint density at radius 1 is 0.424 bits per heavy atom. The van der Waals surface area contributed by atoms with Crippen LogP contribution < -0.4 is 0 Å². The van der Waals surface area contributed by atoms with Crippen LogP contribution in [0.5, 0.6) is 0 Å². The zero-order valence-electron chi connectivity index (χ0n) is 34.8. The van der Waals surface area contributed by atoms with Crippen LogP contribution in [0.3, 0.4) is 0 Å². The molecule has 0 aromatic heterocycles. The van der Waals surface area contributed by atoms with Crippen molar-refractivity contribution in [3.05, 3.63) is 142 Å². The molecule has 0 atom stereocenters. The lowest BCUT2D eigenvalue weighted by Gasteiger charge is -2.26. The van der Waals surface area contributed by atoms with Gasteiger partial charge in [-0.25, -0.2) is 0 Å². The number of alkyl halides is 6. The molecule has 0 unspecified atom stereocenters. The quantitative estimate of drug-likeness (QED) is 0.0804. The minimum atomic E-state index is -4.29. The Morgan fingerprint density at radius 3 is 1.10 bits per heavy atom. The second-order valence-electron chi connectivity index (χ2n) is 16.5. The highest BCUT2D eigenvalue weighted by Crippen LogP contribution is 2.37. The summed E-state index contributed by atoms with van der Waals surface area (Å²) < 4.78 is 75.8. The summed E-state index contributed by atoms with van der Waals surface area (Å²) >= 11 is 0. The molecule has 0 saturated heterocycles. The second-order valence-corrected chi connectivity index (χ2v) is 16.5. The average Bonchev–Trinajstić information content (AvgIpc) is 3.25. The van der Waals surface area contributed by atoms with Crippen molar-refractivity contribution in [3.63, 3.8) is 0 Å². The molecule has 6 rings (SSSR count). The van der Waals surface area contributed by atoms with Gasteiger partial charge >= 0.3 is 12.4 Å². The van der Waals surface area contributed by atoms with E-state index in [1.165, 1.54) is 104 Å². The van der Waals surface area contributed by atoms with Gasteiger partial charge in [0.25, 0.3) is 0 Å². The van der Waals surface area contributed by atoms with Gasteiger partial charge in [-0.2, -0.15) is 26.3 Å². The second kappa shape index (κ2) is 22.8. The summed E-state index contributed by atoms with van der Waals surface area (Å²) in [5.74, 6) is 14.6. The maximum atomic E-state index is 12.6. The first kappa shape index (κ1) is 45.7. The Kier molecular flexibility index (Phi) is 17.7. The van der Waals surface area contributed by atoms with Gasteiger partial charge in [-0.1, -0.05) is 118 Å². The van der Waals surface area contributed by atoms with Gasteiger partial charge in [-0.15, -0.1) is 0 Å². The van der Waals surface area contributed by atoms with Gasteiger partial charge in [-0.05, 0) is 160 Å². The van der Waals surface area contributed by atoms with Gasteiger partial charge in [-0.3, -0.25) is 0 Å². The maximum Gasteiger partial charge on any atom is 0.416 e. The Balaban J connectivity index is 0.000000224. The largest absolute Gasteiger partial charge is 0.416 e. The van der Waals surface area contributed by atoms with Crippen molar-refractivity contribution < 1.29 is 26.3 Å². The summed E-state index contributed by atoms with van der Waals surface area (Å²) in [4.78, 5) is 0. The first-order valence-electron chi connectivity index (χ1n) is 22.0. The van der Waals surface area contributed by atoms with E-state index >= 15 is 0 Å². The van der Waals surface area contributed by atoms with E-state index < -0.39 is 23.5 Å². The molecule has 2 aliphatic rings. The molecule has 0 spiro atoms. The predicted molar refractivity (Wildman–Crippen MR) is 230 cm³/mol. The third-order valence-corrected chi connectivity index (χ3v) is 12.0. The molecule has 2 fully saturated rings. The number of rotatable bonds is 11. The van der Waals surface area contributed by atoms with Crippen LogP contribution in [0.2, 0.25) is 0 Å². The summed E-state index contributed by atoms with van der Waals surface area (Å²) in [6.07, 6.45) is 11.5. The zero-order chi connectivity index (χ0) is 42.1. The molecular weight excluding hydrogens is 751 g/mol. The smallest absolute Gasteiger partial charge is 0.166 e. The van der Waals surface area contributed by atoms with Crippen molar-refractivity contribution in [2.45, 2.75) is 147 Å². The Hall–Kier alpha value is -4.42. The lowest BCUT2D eigenvalue weighted by atomic mass is 9.78. The SMILES string of the molecule is CCCCCCc1ccc(C2CCC(C#Cc3ccc(C(F)(F)F)cc3)CC2)cc1.CCCCCc1ccc(C2CCC(C#Cc3ccc(C(F)(F)F)cc3)CC2)cc1. The van der Waals surface area contributed by atoms with E-state index in [0.29, 0.717) is 34.8 Å². The van der Waals surface area contributed by atoms with Crippen LogP contribution in [-0.4, -0.2) is 0 Å². The maximum absolute atomic E-state index is 12.6. The molecule has 4 aromatic rings. The van der Waals surface area contributed by atoms with E-state index in [1.807, 2.05) is 0 Å². The fourth-order valence-corrected chi connectivity index (χ4v) is 8.25. The molecule has 0 nitrogen and oxygen atoms in total. The summed E-state index contributed by atoms with van der Waals surface area (Å²) in [6.45, 7) is 4.47. The molecule has 0 aliphatic heterocycles. The van der Waals surface area contributed by atoms with E-state index in [0.717, 1.165) is 75.6 Å². The molecule has 314 valence electrons. The summed E-state index contributed by atoms with van der Waals surface area (Å²) in [7, 11) is 0. The summed E-state index contributed by atoms with van der Waals surface area (Å²) in [5, 5.41) is 0. The van der Waals surface area contributed by atoms with E-state index in [4.69, 9.17) is 0 Å². The third kappa shape index (κ3) is 15.3. The third-order valence-electron chi connectivity index (χ3n) is 12.0. The monoisotopic (exact) mass is 810 g/mol. The van der Waals surface area contributed by atoms with Crippen molar-refractivity contribution in [1.82, 2.24) is 0 Å². The minimum Gasteiger partial charge on any atom is -0.166 e. The fourth-order valence-electron chi connectivity index (χ4n) is 8.25. The van der Waals surface area contributed by atoms with Crippen molar-refractivity contribution in [2.75, 3.05) is 0 Å². The van der Waals surface area contributed by atoms with E-state index in [-0.39, 0.29) is 0 Å². The Labute approximate surface area is 349 Å². The van der Waals surface area contributed by atoms with Crippen molar-refractivity contribution >= 4 is 0 Å². The standard InChI is InChI=1S/C27H31F3.C26H29F3/c1-2-3-4-5-6-21-9-15-24(16-10-21)25-17-11-22(12-18-25)7-8-23-13-19-26(20-14-23)27(28,29)30;1-2-3-4-5-20-8-14-23(15-9-20)24-16-10-21(11-17-24)6-7-22-12-18-25(19-13-22)26(27,28)29/h9-10,13-16,19-20,22,25H,2-6,11-12,17-18H2,1H3;8-9,12-15,18-19,21,24H,2-5,10-11,16-17H2,1H3. The summed E-state index contributed by atoms with van der Waals surface area (Å²) in [5.41, 5.74) is 5.78. The highest BCUT2D eigenvalue weighted by atomic mass is 19.4. The van der Waals surface area contributed by atoms with Crippen LogP contribution in [0.25, 0.3) is 0 Å². The Bertz CT molecular complexity index is 1930. The molecule has 0 N–H and O–H groups in total. The van der Waals surface area contributed by atoms with E-state index in [1.54, 1.807) is 0 Å². The van der Waals surface area contributed by atoms with Gasteiger partial charge in [0.1, 0.15) is 0 Å². The molecule has 0 amide bonds. The molecule has 0 heterocycles. The first-order valence-corrected chi connectivity index (χ1v) is 22.0. The molecule has 2 saturated carbocycles. The number of unbranched alkanes of at least 4 members (excludes halogenated alkanes) is 5. The van der Waals surface area contributed by atoms with Gasteiger partial charge < -0.3 is 0 Å². The highest BCUT2D eigenvalue weighted by Gasteiger charge is 2.31. The highest BCUT2D eigenvalue weighted by molar-refractivity contribution is 5.39. The molecule has 2 aliphatic carbocycles. The number of halogens is 6. The number of hydrogen-bond acceptors (Lipinski definition) is 0. The van der Waals surface area contributed by atoms with Gasteiger partial charge in [0.15, 0.2) is 0 Å². The zero-order valence-corrected chi connectivity index (χ0v) is 34.8. The van der Waals surface area contributed by atoms with Gasteiger partial charge in [0.05, 0.1) is 11.1 Å². The predicted octanol–water partition coefficient (Wildman–Crippen LogP) is 15.9. The molecule has 0 bridgehead atoms. The molecule has 59 heavy (non-hydrogen) atoms. The topological polar surface area (TPSA) is 0 Å².